The minimum absolute atomic E-state index is 0.0614. The van der Waals surface area contributed by atoms with E-state index in [0.29, 0.717) is 5.82 Å². The highest BCUT2D eigenvalue weighted by Gasteiger charge is 2.20. The molecule has 1 aromatic heterocycles. The molecule has 0 fully saturated rings. The highest BCUT2D eigenvalue weighted by molar-refractivity contribution is 5.91. The van der Waals surface area contributed by atoms with Crippen LogP contribution in [0.25, 0.3) is 0 Å². The summed E-state index contributed by atoms with van der Waals surface area (Å²) < 4.78 is 13.1. The van der Waals surface area contributed by atoms with E-state index in [4.69, 9.17) is 0 Å². The highest BCUT2D eigenvalue weighted by atomic mass is 19.1. The predicted octanol–water partition coefficient (Wildman–Crippen LogP) is 2.91. The predicted molar refractivity (Wildman–Crippen MR) is 107 cm³/mol. The van der Waals surface area contributed by atoms with Crippen molar-refractivity contribution >= 4 is 17.6 Å². The van der Waals surface area contributed by atoms with Crippen LogP contribution in [0.5, 0.6) is 0 Å². The van der Waals surface area contributed by atoms with E-state index in [1.807, 2.05) is 26.8 Å². The number of nitrogens with zero attached hydrogens (tertiary/aromatic N) is 2. The third-order valence-corrected chi connectivity index (χ3v) is 4.22. The summed E-state index contributed by atoms with van der Waals surface area (Å²) in [5, 5.41) is 5.68. The summed E-state index contributed by atoms with van der Waals surface area (Å²) in [6, 6.07) is 9.50. The number of nitrogens with one attached hydrogen (secondary N) is 2. The van der Waals surface area contributed by atoms with E-state index in [9.17, 15) is 14.0 Å². The maximum Gasteiger partial charge on any atom is 0.239 e. The number of aromatic nitrogens is 1. The van der Waals surface area contributed by atoms with Gasteiger partial charge in [-0.15, -0.1) is 0 Å². The molecule has 0 aliphatic rings. The van der Waals surface area contributed by atoms with E-state index >= 15 is 0 Å². The second-order valence-corrected chi connectivity index (χ2v) is 7.28. The van der Waals surface area contributed by atoms with Crippen molar-refractivity contribution in [3.05, 3.63) is 59.5 Å². The lowest BCUT2D eigenvalue weighted by molar-refractivity contribution is -0.123. The second-order valence-electron chi connectivity index (χ2n) is 7.28. The van der Waals surface area contributed by atoms with Crippen LogP contribution in [-0.2, 0) is 9.59 Å². The number of carbonyl (C=O) groups is 2. The Morgan fingerprint density at radius 2 is 1.75 bits per heavy atom. The first-order chi connectivity index (χ1) is 13.2. The van der Waals surface area contributed by atoms with Crippen LogP contribution in [0.1, 0.15) is 31.0 Å². The monoisotopic (exact) mass is 386 g/mol. The molecule has 1 atom stereocenters. The Morgan fingerprint density at radius 3 is 2.36 bits per heavy atom. The molecule has 150 valence electrons. The molecule has 0 spiro atoms. The first kappa shape index (κ1) is 21.5. The number of hydrogen-bond acceptors (Lipinski definition) is 4. The van der Waals surface area contributed by atoms with E-state index in [-0.39, 0.29) is 42.7 Å². The Kier molecular flexibility index (Phi) is 7.63. The normalized spacial score (nSPS) is 12.1. The molecule has 6 nitrogen and oxygen atoms in total. The maximum atomic E-state index is 13.1. The van der Waals surface area contributed by atoms with Crippen LogP contribution in [0.3, 0.4) is 0 Å². The van der Waals surface area contributed by atoms with E-state index in [1.165, 1.54) is 12.1 Å². The number of anilines is 1. The SMILES string of the molecule is Cc1ccnc(NC(=O)CN(C)CC(=O)NC(c2ccc(F)cc2)C(C)C)c1. The summed E-state index contributed by atoms with van der Waals surface area (Å²) in [7, 11) is 1.70. The summed E-state index contributed by atoms with van der Waals surface area (Å²) in [4.78, 5) is 30.3. The molecule has 0 saturated carbocycles. The van der Waals surface area contributed by atoms with Crippen LogP contribution in [0.15, 0.2) is 42.6 Å². The Bertz CT molecular complexity index is 808. The molecular formula is C21H27FN4O2. The largest absolute Gasteiger partial charge is 0.348 e. The van der Waals surface area contributed by atoms with Gasteiger partial charge >= 0.3 is 0 Å². The number of benzene rings is 1. The molecule has 0 bridgehead atoms. The zero-order chi connectivity index (χ0) is 20.7. The van der Waals surface area contributed by atoms with Gasteiger partial charge < -0.3 is 10.6 Å². The number of carbonyl (C=O) groups excluding carboxylic acids is 2. The fraction of sp³-hybridized carbons (Fsp3) is 0.381. The van der Waals surface area contributed by atoms with Crippen LogP contribution in [0.2, 0.25) is 0 Å². The smallest absolute Gasteiger partial charge is 0.239 e. The van der Waals surface area contributed by atoms with Crippen LogP contribution in [0.4, 0.5) is 10.2 Å². The number of pyridine rings is 1. The first-order valence-electron chi connectivity index (χ1n) is 9.20. The summed E-state index contributed by atoms with van der Waals surface area (Å²) in [6.45, 7) is 6.02. The minimum Gasteiger partial charge on any atom is -0.348 e. The molecule has 7 heteroatoms. The molecule has 1 aromatic carbocycles. The van der Waals surface area contributed by atoms with Gasteiger partial charge in [0.25, 0.3) is 0 Å². The van der Waals surface area contributed by atoms with Gasteiger partial charge in [-0.05, 0) is 55.3 Å². The summed E-state index contributed by atoms with van der Waals surface area (Å²) in [5.41, 5.74) is 1.84. The molecule has 0 aliphatic heterocycles. The fourth-order valence-electron chi connectivity index (χ4n) is 2.86. The van der Waals surface area contributed by atoms with Crippen molar-refractivity contribution in [2.24, 2.45) is 5.92 Å². The van der Waals surface area contributed by atoms with E-state index < -0.39 is 0 Å². The van der Waals surface area contributed by atoms with Gasteiger partial charge in [0, 0.05) is 6.20 Å². The van der Waals surface area contributed by atoms with Crippen molar-refractivity contribution in [2.75, 3.05) is 25.5 Å². The molecule has 1 unspecified atom stereocenters. The zero-order valence-corrected chi connectivity index (χ0v) is 16.7. The third-order valence-electron chi connectivity index (χ3n) is 4.22. The number of likely N-dealkylation sites (N-methyl/N-ethyl adjacent to an activating group) is 1. The van der Waals surface area contributed by atoms with Crippen LogP contribution < -0.4 is 10.6 Å². The highest BCUT2D eigenvalue weighted by Crippen LogP contribution is 2.21. The Balaban J connectivity index is 1.88. The summed E-state index contributed by atoms with van der Waals surface area (Å²) >= 11 is 0. The van der Waals surface area contributed by atoms with Crippen LogP contribution >= 0.6 is 0 Å². The lowest BCUT2D eigenvalue weighted by Crippen LogP contribution is -2.41. The molecule has 2 amide bonds. The Hall–Kier alpha value is -2.80. The number of rotatable bonds is 8. The quantitative estimate of drug-likeness (QED) is 0.732. The summed E-state index contributed by atoms with van der Waals surface area (Å²) in [5.74, 6) is -0.139. The van der Waals surface area contributed by atoms with Crippen LogP contribution in [-0.4, -0.2) is 41.8 Å². The van der Waals surface area contributed by atoms with Gasteiger partial charge in [0.1, 0.15) is 11.6 Å². The fourth-order valence-corrected chi connectivity index (χ4v) is 2.86. The average molecular weight is 386 g/mol. The molecule has 0 radical (unpaired) electrons. The number of halogens is 1. The molecule has 2 N–H and O–H groups in total. The van der Waals surface area contributed by atoms with Crippen molar-refractivity contribution in [3.63, 3.8) is 0 Å². The van der Waals surface area contributed by atoms with Crippen molar-refractivity contribution in [3.8, 4) is 0 Å². The van der Waals surface area contributed by atoms with Gasteiger partial charge in [-0.2, -0.15) is 0 Å². The molecule has 28 heavy (non-hydrogen) atoms. The lowest BCUT2D eigenvalue weighted by atomic mass is 9.96. The van der Waals surface area contributed by atoms with Crippen molar-refractivity contribution in [1.29, 1.82) is 0 Å². The van der Waals surface area contributed by atoms with Gasteiger partial charge in [-0.3, -0.25) is 14.5 Å². The number of hydrogen-bond donors (Lipinski definition) is 2. The third kappa shape index (κ3) is 6.74. The van der Waals surface area contributed by atoms with Gasteiger partial charge in [0.05, 0.1) is 19.1 Å². The minimum atomic E-state index is -0.313. The van der Waals surface area contributed by atoms with E-state index in [1.54, 1.807) is 36.3 Å². The second kappa shape index (κ2) is 9.94. The van der Waals surface area contributed by atoms with Gasteiger partial charge in [-0.25, -0.2) is 9.37 Å². The molecule has 2 aromatic rings. The lowest BCUT2D eigenvalue weighted by Gasteiger charge is -2.24. The topological polar surface area (TPSA) is 74.3 Å². The molecule has 2 rings (SSSR count). The molecule has 0 aliphatic carbocycles. The molecular weight excluding hydrogens is 359 g/mol. The van der Waals surface area contributed by atoms with E-state index in [2.05, 4.69) is 15.6 Å². The van der Waals surface area contributed by atoms with Crippen molar-refractivity contribution < 1.29 is 14.0 Å². The van der Waals surface area contributed by atoms with Gasteiger partial charge in [0.15, 0.2) is 0 Å². The zero-order valence-electron chi connectivity index (χ0n) is 16.7. The van der Waals surface area contributed by atoms with E-state index in [0.717, 1.165) is 11.1 Å². The number of aryl methyl sites for hydroxylation is 1. The standard InChI is InChI=1S/C21H27FN4O2/c1-14(2)21(16-5-7-17(22)8-6-16)25-20(28)13-26(4)12-19(27)24-18-11-15(3)9-10-23-18/h5-11,14,21H,12-13H2,1-4H3,(H,25,28)(H,23,24,27). The Labute approximate surface area is 165 Å². The first-order valence-corrected chi connectivity index (χ1v) is 9.20. The maximum absolute atomic E-state index is 13.1. The Morgan fingerprint density at radius 1 is 1.11 bits per heavy atom. The van der Waals surface area contributed by atoms with Crippen molar-refractivity contribution in [1.82, 2.24) is 15.2 Å². The molecule has 1 heterocycles. The van der Waals surface area contributed by atoms with Gasteiger partial charge in [0.2, 0.25) is 11.8 Å². The number of amides is 2. The summed E-state index contributed by atoms with van der Waals surface area (Å²) in [6.07, 6.45) is 1.63. The van der Waals surface area contributed by atoms with Crippen LogP contribution in [0, 0.1) is 18.7 Å². The average Bonchev–Trinajstić information content (AvgIpc) is 2.60. The van der Waals surface area contributed by atoms with Gasteiger partial charge in [-0.1, -0.05) is 26.0 Å². The molecule has 0 saturated heterocycles. The van der Waals surface area contributed by atoms with Crippen molar-refractivity contribution in [2.45, 2.75) is 26.8 Å².